The molecule has 0 aliphatic heterocycles. The summed E-state index contributed by atoms with van der Waals surface area (Å²) >= 11 is 3.43. The van der Waals surface area contributed by atoms with E-state index in [0.29, 0.717) is 17.0 Å². The molecule has 0 heterocycles. The lowest BCUT2D eigenvalue weighted by Crippen LogP contribution is -2.24. The van der Waals surface area contributed by atoms with Crippen molar-refractivity contribution in [2.75, 3.05) is 19.0 Å². The van der Waals surface area contributed by atoms with E-state index in [2.05, 4.69) is 26.6 Å². The Morgan fingerprint density at radius 2 is 1.75 bits per heavy atom. The van der Waals surface area contributed by atoms with E-state index in [1.165, 1.54) is 0 Å². The van der Waals surface area contributed by atoms with Crippen LogP contribution >= 0.6 is 15.9 Å². The summed E-state index contributed by atoms with van der Waals surface area (Å²) in [6.07, 6.45) is 0. The molecular formula is C18H19BrN2O3. The number of carbonyl (C=O) groups excluding carboxylic acids is 2. The number of hydrogen-bond acceptors (Lipinski definition) is 3. The molecule has 6 heteroatoms. The second kappa shape index (κ2) is 7.97. The number of halogens is 1. The van der Waals surface area contributed by atoms with Crippen LogP contribution in [0.25, 0.3) is 0 Å². The van der Waals surface area contributed by atoms with E-state index in [4.69, 9.17) is 4.74 Å². The van der Waals surface area contributed by atoms with Gasteiger partial charge in [0.15, 0.2) is 6.61 Å². The molecule has 2 aromatic carbocycles. The van der Waals surface area contributed by atoms with Crippen LogP contribution in [0, 0.1) is 13.8 Å². The average molecular weight is 391 g/mol. The monoisotopic (exact) mass is 390 g/mol. The number of rotatable bonds is 5. The van der Waals surface area contributed by atoms with Crippen molar-refractivity contribution in [1.82, 2.24) is 5.32 Å². The van der Waals surface area contributed by atoms with Crippen molar-refractivity contribution in [2.24, 2.45) is 0 Å². The number of hydrogen-bond donors (Lipinski definition) is 2. The fraction of sp³-hybridized carbons (Fsp3) is 0.222. The summed E-state index contributed by atoms with van der Waals surface area (Å²) in [5.74, 6) is 0.104. The summed E-state index contributed by atoms with van der Waals surface area (Å²) in [6.45, 7) is 3.71. The van der Waals surface area contributed by atoms with Crippen LogP contribution in [0.15, 0.2) is 40.9 Å². The van der Waals surface area contributed by atoms with E-state index in [9.17, 15) is 9.59 Å². The minimum absolute atomic E-state index is 0.134. The zero-order chi connectivity index (χ0) is 17.7. The number of carbonyl (C=O) groups is 2. The van der Waals surface area contributed by atoms with Gasteiger partial charge in [-0.1, -0.05) is 28.1 Å². The summed E-state index contributed by atoms with van der Waals surface area (Å²) in [4.78, 5) is 24.0. The molecule has 2 aromatic rings. The first kappa shape index (κ1) is 18.0. The second-order valence-electron chi connectivity index (χ2n) is 5.33. The molecule has 2 rings (SSSR count). The highest BCUT2D eigenvalue weighted by atomic mass is 79.9. The maximum atomic E-state index is 12.2. The molecule has 0 fully saturated rings. The van der Waals surface area contributed by atoms with Crippen LogP contribution in [0.4, 0.5) is 5.69 Å². The SMILES string of the molecule is CNC(=O)c1ccccc1NC(=O)COc1c(C)cc(Br)cc1C. The number of aryl methyl sites for hydroxylation is 2. The number of ether oxygens (including phenoxy) is 1. The van der Waals surface area contributed by atoms with Crippen molar-refractivity contribution in [2.45, 2.75) is 13.8 Å². The summed E-state index contributed by atoms with van der Waals surface area (Å²) in [6, 6.07) is 10.7. The Kier molecular flexibility index (Phi) is 5.98. The molecule has 0 saturated heterocycles. The van der Waals surface area contributed by atoms with Crippen molar-refractivity contribution >= 4 is 33.4 Å². The van der Waals surface area contributed by atoms with Gasteiger partial charge >= 0.3 is 0 Å². The molecule has 0 spiro atoms. The summed E-state index contributed by atoms with van der Waals surface area (Å²) in [5.41, 5.74) is 2.75. The van der Waals surface area contributed by atoms with Crippen molar-refractivity contribution in [3.63, 3.8) is 0 Å². The Morgan fingerprint density at radius 1 is 1.12 bits per heavy atom. The van der Waals surface area contributed by atoms with Gasteiger partial charge in [0, 0.05) is 11.5 Å². The number of amides is 2. The lowest BCUT2D eigenvalue weighted by atomic mass is 10.1. The number of benzene rings is 2. The number of anilines is 1. The summed E-state index contributed by atoms with van der Waals surface area (Å²) < 4.78 is 6.62. The Labute approximate surface area is 149 Å². The molecule has 0 atom stereocenters. The molecule has 0 saturated carbocycles. The third-order valence-electron chi connectivity index (χ3n) is 3.45. The summed E-state index contributed by atoms with van der Waals surface area (Å²) in [7, 11) is 1.54. The van der Waals surface area contributed by atoms with E-state index in [-0.39, 0.29) is 18.4 Å². The lowest BCUT2D eigenvalue weighted by Gasteiger charge is -2.14. The highest BCUT2D eigenvalue weighted by Gasteiger charge is 2.13. The molecule has 126 valence electrons. The Balaban J connectivity index is 2.06. The van der Waals surface area contributed by atoms with Crippen LogP contribution in [0.5, 0.6) is 5.75 Å². The maximum absolute atomic E-state index is 12.2. The van der Waals surface area contributed by atoms with Crippen LogP contribution in [0.1, 0.15) is 21.5 Å². The van der Waals surface area contributed by atoms with E-state index in [0.717, 1.165) is 15.6 Å². The molecule has 0 bridgehead atoms. The van der Waals surface area contributed by atoms with E-state index >= 15 is 0 Å². The number of nitrogens with one attached hydrogen (secondary N) is 2. The predicted octanol–water partition coefficient (Wildman–Crippen LogP) is 3.44. The minimum atomic E-state index is -0.326. The first-order chi connectivity index (χ1) is 11.4. The zero-order valence-corrected chi connectivity index (χ0v) is 15.4. The van der Waals surface area contributed by atoms with Crippen LogP contribution in [0.2, 0.25) is 0 Å². The van der Waals surface area contributed by atoms with Gasteiger partial charge in [0.1, 0.15) is 5.75 Å². The van der Waals surface area contributed by atoms with E-state index in [1.54, 1.807) is 31.3 Å². The molecule has 0 aromatic heterocycles. The standard InChI is InChI=1S/C18H19BrN2O3/c1-11-8-13(19)9-12(2)17(11)24-10-16(22)21-15-7-5-4-6-14(15)18(23)20-3/h4-9H,10H2,1-3H3,(H,20,23)(H,21,22). The van der Waals surface area contributed by atoms with Gasteiger partial charge in [-0.3, -0.25) is 9.59 Å². The van der Waals surface area contributed by atoms with Crippen LogP contribution < -0.4 is 15.4 Å². The van der Waals surface area contributed by atoms with Gasteiger partial charge in [-0.25, -0.2) is 0 Å². The molecule has 2 amide bonds. The molecular weight excluding hydrogens is 372 g/mol. The van der Waals surface area contributed by atoms with Crippen LogP contribution in [0.3, 0.4) is 0 Å². The van der Waals surface area contributed by atoms with Gasteiger partial charge in [0.25, 0.3) is 11.8 Å². The molecule has 0 unspecified atom stereocenters. The van der Waals surface area contributed by atoms with Crippen molar-refractivity contribution in [3.05, 3.63) is 57.6 Å². The van der Waals surface area contributed by atoms with Crippen molar-refractivity contribution in [3.8, 4) is 5.75 Å². The average Bonchev–Trinajstić information content (AvgIpc) is 2.53. The quantitative estimate of drug-likeness (QED) is 0.821. The minimum Gasteiger partial charge on any atom is -0.483 e. The molecule has 2 N–H and O–H groups in total. The number of para-hydroxylation sites is 1. The van der Waals surface area contributed by atoms with Gasteiger partial charge in [-0.2, -0.15) is 0 Å². The highest BCUT2D eigenvalue weighted by Crippen LogP contribution is 2.27. The second-order valence-corrected chi connectivity index (χ2v) is 6.25. The first-order valence-electron chi connectivity index (χ1n) is 7.43. The zero-order valence-electron chi connectivity index (χ0n) is 13.8. The smallest absolute Gasteiger partial charge is 0.262 e. The third-order valence-corrected chi connectivity index (χ3v) is 3.90. The van der Waals surface area contributed by atoms with E-state index < -0.39 is 0 Å². The van der Waals surface area contributed by atoms with E-state index in [1.807, 2.05) is 26.0 Å². The topological polar surface area (TPSA) is 67.4 Å². The summed E-state index contributed by atoms with van der Waals surface area (Å²) in [5, 5.41) is 5.26. The van der Waals surface area contributed by atoms with Gasteiger partial charge in [0.05, 0.1) is 11.3 Å². The Hall–Kier alpha value is -2.34. The lowest BCUT2D eigenvalue weighted by molar-refractivity contribution is -0.118. The fourth-order valence-electron chi connectivity index (χ4n) is 2.37. The van der Waals surface area contributed by atoms with Gasteiger partial charge in [0.2, 0.25) is 0 Å². The molecule has 0 radical (unpaired) electrons. The maximum Gasteiger partial charge on any atom is 0.262 e. The van der Waals surface area contributed by atoms with Crippen molar-refractivity contribution < 1.29 is 14.3 Å². The Morgan fingerprint density at radius 3 is 2.38 bits per heavy atom. The third kappa shape index (κ3) is 4.35. The predicted molar refractivity (Wildman–Crippen MR) is 97.6 cm³/mol. The molecule has 0 aliphatic carbocycles. The fourth-order valence-corrected chi connectivity index (χ4v) is 3.06. The highest BCUT2D eigenvalue weighted by molar-refractivity contribution is 9.10. The van der Waals surface area contributed by atoms with Gasteiger partial charge in [-0.15, -0.1) is 0 Å². The largest absolute Gasteiger partial charge is 0.483 e. The molecule has 24 heavy (non-hydrogen) atoms. The Bertz CT molecular complexity index is 752. The van der Waals surface area contributed by atoms with Gasteiger partial charge < -0.3 is 15.4 Å². The van der Waals surface area contributed by atoms with Crippen molar-refractivity contribution in [1.29, 1.82) is 0 Å². The molecule has 5 nitrogen and oxygen atoms in total. The molecule has 0 aliphatic rings. The van der Waals surface area contributed by atoms with Gasteiger partial charge in [-0.05, 0) is 49.2 Å². The van der Waals surface area contributed by atoms with Crippen LogP contribution in [-0.2, 0) is 4.79 Å². The first-order valence-corrected chi connectivity index (χ1v) is 8.22. The van der Waals surface area contributed by atoms with Crippen LogP contribution in [-0.4, -0.2) is 25.5 Å². The normalized spacial score (nSPS) is 10.2.